The lowest BCUT2D eigenvalue weighted by Crippen LogP contribution is -2.58. The molecule has 2 aromatic heterocycles. The van der Waals surface area contributed by atoms with Gasteiger partial charge in [-0.3, -0.25) is 0 Å². The molecule has 0 atom stereocenters. The highest BCUT2D eigenvalue weighted by Crippen LogP contribution is 2.63. The number of fused-ring (bicyclic) bond motifs is 21. The van der Waals surface area contributed by atoms with Crippen LogP contribution in [0.4, 0.5) is 0 Å². The Morgan fingerprint density at radius 2 is 0.846 bits per heavy atom. The van der Waals surface area contributed by atoms with E-state index in [2.05, 4.69) is 324 Å². The molecule has 0 N–H and O–H groups in total. The van der Waals surface area contributed by atoms with Crippen LogP contribution in [-0.4, -0.2) is 15.8 Å². The minimum atomic E-state index is -0.540. The molecule has 2 aliphatic carbocycles. The predicted molar refractivity (Wildman–Crippen MR) is 382 cm³/mol. The molecule has 0 saturated carbocycles. The van der Waals surface area contributed by atoms with E-state index in [4.69, 9.17) is 4.74 Å². The highest BCUT2D eigenvalue weighted by molar-refractivity contribution is 6.99. The molecule has 19 rings (SSSR count). The number of nitrogens with zero attached hydrogens (tertiary/aromatic N) is 2. The van der Waals surface area contributed by atoms with Gasteiger partial charge in [-0.1, -0.05) is 272 Å². The van der Waals surface area contributed by atoms with Crippen molar-refractivity contribution in [2.45, 2.75) is 57.8 Å². The van der Waals surface area contributed by atoms with Crippen LogP contribution in [0.1, 0.15) is 74.9 Å². The van der Waals surface area contributed by atoms with Gasteiger partial charge >= 0.3 is 0 Å². The van der Waals surface area contributed by atoms with Gasteiger partial charge in [0.15, 0.2) is 0 Å². The van der Waals surface area contributed by atoms with Gasteiger partial charge in [-0.05, 0) is 159 Å². The van der Waals surface area contributed by atoms with Crippen molar-refractivity contribution in [1.29, 1.82) is 0 Å². The first-order valence-electron chi connectivity index (χ1n) is 32.3. The molecule has 4 heteroatoms. The van der Waals surface area contributed by atoms with Crippen molar-refractivity contribution in [2.24, 2.45) is 0 Å². The van der Waals surface area contributed by atoms with E-state index < -0.39 is 5.41 Å². The Hall–Kier alpha value is -10.7. The third kappa shape index (κ3) is 7.11. The van der Waals surface area contributed by atoms with Crippen LogP contribution in [0, 0.1) is 0 Å². The third-order valence-corrected chi connectivity index (χ3v) is 20.8. The summed E-state index contributed by atoms with van der Waals surface area (Å²) in [7, 11) is 0. The van der Waals surface area contributed by atoms with Gasteiger partial charge in [0.1, 0.15) is 11.5 Å². The Balaban J connectivity index is 0.984. The van der Waals surface area contributed by atoms with Crippen molar-refractivity contribution >= 4 is 66.7 Å². The largest absolute Gasteiger partial charge is 0.458 e. The number of hydrogen-bond donors (Lipinski definition) is 0. The maximum Gasteiger partial charge on any atom is 0.256 e. The smallest absolute Gasteiger partial charge is 0.256 e. The number of aromatic nitrogens is 2. The zero-order valence-corrected chi connectivity index (χ0v) is 51.9. The standard InChI is InChI=1S/C87H63BN2O/c1-85(2,3)69-41-26-42-70(86(4,5)6)79(69)56-47-76-81-78(48-56)91-77-51-71-64(59-35-18-23-40-68(59)87(71)66-38-21-16-33-57(66)58-34-17-22-39-67(58)87)49-72(77)88(81)73-50-65-60-36-19-24-43-74(60)90(83(65)80-61-37-20-25-44-75(61)89(76)84(73)80)82-62(53-29-12-8-13-30-53)45-55(52-27-10-7-11-28-52)46-63(82)54-31-14-9-15-32-54/h7-51H,1-6H3. The third-order valence-electron chi connectivity index (χ3n) is 20.8. The number of rotatable bonds is 5. The molecule has 13 aromatic carbocycles. The molecule has 0 bridgehead atoms. The molecule has 0 amide bonds. The second-order valence-electron chi connectivity index (χ2n) is 27.8. The number of hydrogen-bond acceptors (Lipinski definition) is 1. The average molecular weight is 1160 g/mol. The van der Waals surface area contributed by atoms with Gasteiger partial charge in [0.05, 0.1) is 33.2 Å². The number of benzene rings is 13. The topological polar surface area (TPSA) is 19.1 Å². The van der Waals surface area contributed by atoms with Crippen LogP contribution in [0.5, 0.6) is 11.5 Å². The van der Waals surface area contributed by atoms with E-state index in [1.807, 2.05) is 0 Å². The van der Waals surface area contributed by atoms with Gasteiger partial charge in [-0.2, -0.15) is 0 Å². The molecule has 4 heterocycles. The minimum absolute atomic E-state index is 0.160. The van der Waals surface area contributed by atoms with Crippen LogP contribution in [0.15, 0.2) is 273 Å². The Morgan fingerprint density at radius 1 is 0.341 bits per heavy atom. The van der Waals surface area contributed by atoms with E-state index >= 15 is 0 Å². The second-order valence-corrected chi connectivity index (χ2v) is 27.8. The van der Waals surface area contributed by atoms with Crippen LogP contribution < -0.4 is 21.1 Å². The maximum absolute atomic E-state index is 7.89. The van der Waals surface area contributed by atoms with E-state index in [1.165, 1.54) is 138 Å². The van der Waals surface area contributed by atoms with Crippen LogP contribution >= 0.6 is 0 Å². The SMILES string of the molecule is CC(C)(C)c1cccc(C(C)(C)C)c1-c1cc2c3c(c1)-n1c4ccccc4c4c1c(cc1c5ccccc5n(-c5c(-c6ccccc6)cc(-c6ccccc6)cc5-c5ccccc5)c14)B3c1cc3c(cc1O2)C1(c2ccccc2-c2ccccc21)c1ccccc1-3. The Labute approximate surface area is 531 Å². The van der Waals surface area contributed by atoms with Crippen molar-refractivity contribution in [3.8, 4) is 89.6 Å². The Bertz CT molecular complexity index is 5500. The van der Waals surface area contributed by atoms with Gasteiger partial charge in [-0.25, -0.2) is 0 Å². The first-order valence-corrected chi connectivity index (χ1v) is 32.3. The predicted octanol–water partition coefficient (Wildman–Crippen LogP) is 20.4. The van der Waals surface area contributed by atoms with E-state index in [0.29, 0.717) is 0 Å². The molecule has 0 radical (unpaired) electrons. The van der Waals surface area contributed by atoms with Crippen molar-refractivity contribution in [2.75, 3.05) is 0 Å². The molecule has 4 aliphatic rings. The summed E-state index contributed by atoms with van der Waals surface area (Å²) in [6.45, 7) is 14.0. The van der Waals surface area contributed by atoms with Crippen LogP contribution in [0.2, 0.25) is 0 Å². The molecule has 2 aliphatic heterocycles. The van der Waals surface area contributed by atoms with Gasteiger partial charge in [0.25, 0.3) is 6.71 Å². The second kappa shape index (κ2) is 18.7. The lowest BCUT2D eigenvalue weighted by Gasteiger charge is -2.36. The zero-order valence-electron chi connectivity index (χ0n) is 51.9. The average Bonchev–Trinajstić information content (AvgIpc) is 1.54. The van der Waals surface area contributed by atoms with Crippen LogP contribution in [0.25, 0.3) is 122 Å². The zero-order chi connectivity index (χ0) is 60.8. The first-order chi connectivity index (χ1) is 44.4. The lowest BCUT2D eigenvalue weighted by atomic mass is 9.34. The maximum atomic E-state index is 7.89. The fourth-order valence-corrected chi connectivity index (χ4v) is 17.2. The molecule has 1 spiro atoms. The summed E-state index contributed by atoms with van der Waals surface area (Å²) in [5.41, 5.74) is 32.3. The van der Waals surface area contributed by atoms with Crippen molar-refractivity contribution < 1.29 is 4.74 Å². The summed E-state index contributed by atoms with van der Waals surface area (Å²) in [6.07, 6.45) is 0. The number of ether oxygens (including phenoxy) is 1. The molecule has 3 nitrogen and oxygen atoms in total. The molecule has 0 saturated heterocycles. The van der Waals surface area contributed by atoms with Gasteiger partial charge in [0.2, 0.25) is 0 Å². The van der Waals surface area contributed by atoms with Crippen molar-refractivity contribution in [3.05, 3.63) is 306 Å². The summed E-state index contributed by atoms with van der Waals surface area (Å²) >= 11 is 0. The van der Waals surface area contributed by atoms with Crippen molar-refractivity contribution in [3.63, 3.8) is 0 Å². The molecule has 91 heavy (non-hydrogen) atoms. The summed E-state index contributed by atoms with van der Waals surface area (Å²) in [5.74, 6) is 1.82. The Morgan fingerprint density at radius 3 is 1.43 bits per heavy atom. The molecular weight excluding hydrogens is 1100 g/mol. The lowest BCUT2D eigenvalue weighted by molar-refractivity contribution is 0.486. The molecule has 430 valence electrons. The quantitative estimate of drug-likeness (QED) is 0.157. The monoisotopic (exact) mass is 1160 g/mol. The summed E-state index contributed by atoms with van der Waals surface area (Å²) < 4.78 is 13.2. The van der Waals surface area contributed by atoms with Gasteiger partial charge in [-0.15, -0.1) is 0 Å². The molecule has 0 unspecified atom stereocenters. The fraction of sp³-hybridized carbons (Fsp3) is 0.103. The number of para-hydroxylation sites is 2. The normalized spacial score (nSPS) is 13.8. The fourth-order valence-electron chi connectivity index (χ4n) is 17.2. The van der Waals surface area contributed by atoms with Crippen molar-refractivity contribution in [1.82, 2.24) is 9.13 Å². The molecule has 15 aromatic rings. The summed E-state index contributed by atoms with van der Waals surface area (Å²) in [5, 5.41) is 4.89. The van der Waals surface area contributed by atoms with E-state index in [1.54, 1.807) is 0 Å². The minimum Gasteiger partial charge on any atom is -0.458 e. The summed E-state index contributed by atoms with van der Waals surface area (Å²) in [6, 6.07) is 103. The first kappa shape index (κ1) is 52.3. The highest BCUT2D eigenvalue weighted by atomic mass is 16.5. The van der Waals surface area contributed by atoms with E-state index in [-0.39, 0.29) is 17.5 Å². The van der Waals surface area contributed by atoms with Crippen LogP contribution in [-0.2, 0) is 16.2 Å². The van der Waals surface area contributed by atoms with Gasteiger partial charge < -0.3 is 13.9 Å². The summed E-state index contributed by atoms with van der Waals surface area (Å²) in [4.78, 5) is 0. The van der Waals surface area contributed by atoms with E-state index in [9.17, 15) is 0 Å². The molecule has 0 fully saturated rings. The highest BCUT2D eigenvalue weighted by Gasteiger charge is 2.53. The van der Waals surface area contributed by atoms with Crippen LogP contribution in [0.3, 0.4) is 0 Å². The molecular formula is C87H63BN2O. The van der Waals surface area contributed by atoms with E-state index in [0.717, 1.165) is 45.1 Å². The Kier molecular flexibility index (Phi) is 10.7. The van der Waals surface area contributed by atoms with Gasteiger partial charge in [0, 0.05) is 38.4 Å².